The van der Waals surface area contributed by atoms with Crippen LogP contribution in [-0.4, -0.2) is 13.1 Å². The summed E-state index contributed by atoms with van der Waals surface area (Å²) in [6, 6.07) is 36.9. The van der Waals surface area contributed by atoms with E-state index in [1.54, 1.807) is 0 Å². The third-order valence-electron chi connectivity index (χ3n) is 6.10. The lowest BCUT2D eigenvalue weighted by Gasteiger charge is -2.28. The van der Waals surface area contributed by atoms with Crippen LogP contribution in [0.25, 0.3) is 0 Å². The zero-order valence-electron chi connectivity index (χ0n) is 19.3. The van der Waals surface area contributed by atoms with Crippen molar-refractivity contribution in [2.45, 2.75) is 27.2 Å². The Kier molecular flexibility index (Phi) is 6.91. The summed E-state index contributed by atoms with van der Waals surface area (Å²) in [7, 11) is 0. The van der Waals surface area contributed by atoms with Crippen LogP contribution in [0.5, 0.6) is 0 Å². The first-order valence-corrected chi connectivity index (χ1v) is 11.5. The van der Waals surface area contributed by atoms with Crippen LogP contribution in [0, 0.1) is 6.92 Å². The smallest absolute Gasteiger partial charge is 0.0496 e. The van der Waals surface area contributed by atoms with Gasteiger partial charge in [-0.1, -0.05) is 60.7 Å². The number of anilines is 4. The van der Waals surface area contributed by atoms with Gasteiger partial charge in [0.25, 0.3) is 0 Å². The molecule has 0 N–H and O–H groups in total. The topological polar surface area (TPSA) is 6.48 Å². The van der Waals surface area contributed by atoms with Crippen LogP contribution in [0.3, 0.4) is 0 Å². The van der Waals surface area contributed by atoms with Crippen LogP contribution in [0.15, 0.2) is 103 Å². The number of hydrogen-bond donors (Lipinski definition) is 0. The van der Waals surface area contributed by atoms with Crippen molar-refractivity contribution in [3.05, 3.63) is 120 Å². The molecule has 0 aliphatic carbocycles. The van der Waals surface area contributed by atoms with Gasteiger partial charge in [-0.15, -0.1) is 0 Å². The molecule has 0 amide bonds. The van der Waals surface area contributed by atoms with Gasteiger partial charge in [-0.05, 0) is 86.3 Å². The first kappa shape index (κ1) is 21.7. The zero-order chi connectivity index (χ0) is 22.3. The number of benzene rings is 4. The molecule has 0 saturated heterocycles. The maximum Gasteiger partial charge on any atom is 0.0496 e. The molecular weight excluding hydrogens is 388 g/mol. The quantitative estimate of drug-likeness (QED) is 0.286. The van der Waals surface area contributed by atoms with Gasteiger partial charge in [-0.2, -0.15) is 0 Å². The van der Waals surface area contributed by atoms with Crippen molar-refractivity contribution in [2.24, 2.45) is 0 Å². The van der Waals surface area contributed by atoms with E-state index in [4.69, 9.17) is 0 Å². The monoisotopic (exact) mass is 420 g/mol. The maximum atomic E-state index is 2.41. The molecule has 0 spiro atoms. The molecule has 0 aromatic heterocycles. The minimum Gasteiger partial charge on any atom is -0.372 e. The van der Waals surface area contributed by atoms with Crippen molar-refractivity contribution in [1.82, 2.24) is 0 Å². The summed E-state index contributed by atoms with van der Waals surface area (Å²) in [6.07, 6.45) is 0.896. The van der Waals surface area contributed by atoms with E-state index in [1.165, 1.54) is 39.4 Å². The Hall–Kier alpha value is -3.52. The Morgan fingerprint density at radius 2 is 1.12 bits per heavy atom. The van der Waals surface area contributed by atoms with E-state index in [0.29, 0.717) is 0 Å². The third kappa shape index (κ3) is 4.70. The molecule has 32 heavy (non-hydrogen) atoms. The Labute approximate surface area is 192 Å². The molecule has 0 fully saturated rings. The molecule has 0 heterocycles. The molecule has 0 aliphatic heterocycles. The second-order valence-corrected chi connectivity index (χ2v) is 8.10. The summed E-state index contributed by atoms with van der Waals surface area (Å²) in [5.41, 5.74) is 8.89. The van der Waals surface area contributed by atoms with Crippen LogP contribution in [-0.2, 0) is 6.42 Å². The van der Waals surface area contributed by atoms with Crippen molar-refractivity contribution >= 4 is 22.7 Å². The van der Waals surface area contributed by atoms with Crippen molar-refractivity contribution in [3.63, 3.8) is 0 Å². The third-order valence-corrected chi connectivity index (χ3v) is 6.10. The van der Waals surface area contributed by atoms with Gasteiger partial charge in [0.15, 0.2) is 0 Å². The SMILES string of the molecule is CCN(CC)c1ccc(C)c(Cc2ccccc2N(c2ccccc2)c2ccccc2)c1. The largest absolute Gasteiger partial charge is 0.372 e. The van der Waals surface area contributed by atoms with E-state index >= 15 is 0 Å². The van der Waals surface area contributed by atoms with Gasteiger partial charge >= 0.3 is 0 Å². The predicted octanol–water partition coefficient (Wildman–Crippen LogP) is 7.90. The van der Waals surface area contributed by atoms with Gasteiger partial charge in [-0.25, -0.2) is 0 Å². The molecule has 2 nitrogen and oxygen atoms in total. The van der Waals surface area contributed by atoms with E-state index in [-0.39, 0.29) is 0 Å². The van der Waals surface area contributed by atoms with Gasteiger partial charge in [0.05, 0.1) is 0 Å². The molecule has 162 valence electrons. The van der Waals surface area contributed by atoms with Crippen molar-refractivity contribution in [1.29, 1.82) is 0 Å². The minimum atomic E-state index is 0.896. The highest BCUT2D eigenvalue weighted by atomic mass is 15.1. The summed E-state index contributed by atoms with van der Waals surface area (Å²) in [5.74, 6) is 0. The Bertz CT molecular complexity index is 1090. The lowest BCUT2D eigenvalue weighted by Crippen LogP contribution is -2.22. The van der Waals surface area contributed by atoms with E-state index in [1.807, 2.05) is 0 Å². The Morgan fingerprint density at radius 1 is 0.562 bits per heavy atom. The molecule has 0 bridgehead atoms. The molecule has 2 heteroatoms. The summed E-state index contributed by atoms with van der Waals surface area (Å²) < 4.78 is 0. The van der Waals surface area contributed by atoms with E-state index in [0.717, 1.165) is 19.5 Å². The number of nitrogens with zero attached hydrogens (tertiary/aromatic N) is 2. The molecule has 4 aromatic rings. The van der Waals surface area contributed by atoms with Crippen molar-refractivity contribution < 1.29 is 0 Å². The average Bonchev–Trinajstić information content (AvgIpc) is 2.84. The summed E-state index contributed by atoms with van der Waals surface area (Å²) in [6.45, 7) is 8.69. The van der Waals surface area contributed by atoms with Crippen LogP contribution in [0.1, 0.15) is 30.5 Å². The van der Waals surface area contributed by atoms with E-state index in [9.17, 15) is 0 Å². The average molecular weight is 421 g/mol. The fourth-order valence-corrected chi connectivity index (χ4v) is 4.30. The van der Waals surface area contributed by atoms with Gasteiger partial charge < -0.3 is 9.80 Å². The standard InChI is InChI=1S/C30H32N2/c1-4-31(5-2)29-21-20-24(3)26(23-29)22-25-14-12-13-19-30(25)32(27-15-8-6-9-16-27)28-17-10-7-11-18-28/h6-21,23H,4-5,22H2,1-3H3. The molecule has 0 radical (unpaired) electrons. The molecule has 4 aromatic carbocycles. The highest BCUT2D eigenvalue weighted by molar-refractivity contribution is 5.78. The number of hydrogen-bond acceptors (Lipinski definition) is 2. The summed E-state index contributed by atoms with van der Waals surface area (Å²) in [4.78, 5) is 4.77. The number of aryl methyl sites for hydroxylation is 1. The van der Waals surface area contributed by atoms with Gasteiger partial charge in [0.1, 0.15) is 0 Å². The number of rotatable bonds is 8. The predicted molar refractivity (Wildman–Crippen MR) is 139 cm³/mol. The zero-order valence-corrected chi connectivity index (χ0v) is 19.3. The molecule has 0 aliphatic rings. The second-order valence-electron chi connectivity index (χ2n) is 8.10. The van der Waals surface area contributed by atoms with Crippen molar-refractivity contribution in [2.75, 3.05) is 22.9 Å². The van der Waals surface area contributed by atoms with E-state index in [2.05, 4.69) is 134 Å². The minimum absolute atomic E-state index is 0.896. The first-order valence-electron chi connectivity index (χ1n) is 11.5. The number of para-hydroxylation sites is 3. The fraction of sp³-hybridized carbons (Fsp3) is 0.200. The van der Waals surface area contributed by atoms with Crippen LogP contribution >= 0.6 is 0 Å². The molecular formula is C30H32N2. The lowest BCUT2D eigenvalue weighted by molar-refractivity contribution is 0.864. The molecule has 0 saturated carbocycles. The first-order chi connectivity index (χ1) is 15.7. The molecule has 0 atom stereocenters. The van der Waals surface area contributed by atoms with E-state index < -0.39 is 0 Å². The highest BCUT2D eigenvalue weighted by Gasteiger charge is 2.16. The summed E-state index contributed by atoms with van der Waals surface area (Å²) in [5, 5.41) is 0. The fourth-order valence-electron chi connectivity index (χ4n) is 4.30. The molecule has 4 rings (SSSR count). The lowest BCUT2D eigenvalue weighted by atomic mass is 9.97. The maximum absolute atomic E-state index is 2.41. The normalized spacial score (nSPS) is 10.7. The van der Waals surface area contributed by atoms with Crippen LogP contribution in [0.4, 0.5) is 22.7 Å². The van der Waals surface area contributed by atoms with Gasteiger partial charge in [0.2, 0.25) is 0 Å². The summed E-state index contributed by atoms with van der Waals surface area (Å²) >= 11 is 0. The van der Waals surface area contributed by atoms with Gasteiger partial charge in [0, 0.05) is 35.8 Å². The van der Waals surface area contributed by atoms with Crippen LogP contribution < -0.4 is 9.80 Å². The van der Waals surface area contributed by atoms with Crippen molar-refractivity contribution in [3.8, 4) is 0 Å². The Morgan fingerprint density at radius 3 is 1.72 bits per heavy atom. The Balaban J connectivity index is 1.78. The highest BCUT2D eigenvalue weighted by Crippen LogP contribution is 2.37. The van der Waals surface area contributed by atoms with Gasteiger partial charge in [-0.3, -0.25) is 0 Å². The van der Waals surface area contributed by atoms with Crippen LogP contribution in [0.2, 0.25) is 0 Å². The molecule has 0 unspecified atom stereocenters. The second kappa shape index (κ2) is 10.2.